The number of ketones is 1. The van der Waals surface area contributed by atoms with Gasteiger partial charge in [0.2, 0.25) is 5.91 Å². The molecule has 9 nitrogen and oxygen atoms in total. The highest BCUT2D eigenvalue weighted by molar-refractivity contribution is 5.99. The summed E-state index contributed by atoms with van der Waals surface area (Å²) in [6.07, 6.45) is -0.175. The van der Waals surface area contributed by atoms with Gasteiger partial charge in [-0.2, -0.15) is 0 Å². The maximum absolute atomic E-state index is 12.9. The van der Waals surface area contributed by atoms with E-state index in [0.717, 1.165) is 17.1 Å². The second-order valence-electron chi connectivity index (χ2n) is 6.99. The van der Waals surface area contributed by atoms with Crippen molar-refractivity contribution in [3.8, 4) is 11.5 Å². The summed E-state index contributed by atoms with van der Waals surface area (Å²) in [4.78, 5) is 49.1. The van der Waals surface area contributed by atoms with Crippen molar-refractivity contribution in [1.29, 1.82) is 0 Å². The molecule has 32 heavy (non-hydrogen) atoms. The summed E-state index contributed by atoms with van der Waals surface area (Å²) in [5.41, 5.74) is 2.85. The van der Waals surface area contributed by atoms with Gasteiger partial charge >= 0.3 is 5.97 Å². The lowest BCUT2D eigenvalue weighted by molar-refractivity contribution is -0.147. The maximum atomic E-state index is 12.9. The normalized spacial score (nSPS) is 15.3. The second-order valence-corrected chi connectivity index (χ2v) is 6.99. The largest absolute Gasteiger partial charge is 0.497 e. The molecule has 1 fully saturated rings. The van der Waals surface area contributed by atoms with E-state index in [1.54, 1.807) is 6.07 Å². The first-order chi connectivity index (χ1) is 15.3. The number of hydrazine groups is 1. The molecule has 10 heteroatoms. The lowest BCUT2D eigenvalue weighted by atomic mass is 10.1. The molecule has 0 unspecified atom stereocenters. The summed E-state index contributed by atoms with van der Waals surface area (Å²) in [7, 11) is 2.88. The van der Waals surface area contributed by atoms with Crippen molar-refractivity contribution in [2.24, 2.45) is 5.92 Å². The Labute approximate surface area is 183 Å². The molecule has 1 N–H and O–H groups in total. The highest BCUT2D eigenvalue weighted by Gasteiger charge is 2.36. The van der Waals surface area contributed by atoms with Crippen molar-refractivity contribution >= 4 is 23.6 Å². The molecule has 168 valence electrons. The zero-order valence-corrected chi connectivity index (χ0v) is 17.4. The maximum Gasteiger partial charge on any atom is 0.311 e. The summed E-state index contributed by atoms with van der Waals surface area (Å²) < 4.78 is 28.2. The molecule has 0 radical (unpaired) electrons. The Balaban J connectivity index is 1.56. The van der Waals surface area contributed by atoms with Crippen LogP contribution in [0.25, 0.3) is 0 Å². The second kappa shape index (κ2) is 9.90. The van der Waals surface area contributed by atoms with Crippen LogP contribution in [0.15, 0.2) is 42.5 Å². The molecule has 1 aliphatic rings. The standard InChI is InChI=1S/C22H21FN2O7/c1-30-17-7-14(8-18(10-17)31-2)21(28)24-25-11-15(9-20(25)27)22(29)32-12-19(26)13-3-5-16(23)6-4-13/h3-8,10,15H,9,11-12H2,1-2H3,(H,24,28)/t15-/m0/s1. The lowest BCUT2D eigenvalue weighted by Gasteiger charge is -2.18. The van der Waals surface area contributed by atoms with E-state index >= 15 is 0 Å². The highest BCUT2D eigenvalue weighted by atomic mass is 19.1. The number of hydrogen-bond donors (Lipinski definition) is 1. The highest BCUT2D eigenvalue weighted by Crippen LogP contribution is 2.23. The predicted molar refractivity (Wildman–Crippen MR) is 109 cm³/mol. The van der Waals surface area contributed by atoms with Crippen LogP contribution in [0.1, 0.15) is 27.1 Å². The van der Waals surface area contributed by atoms with Gasteiger partial charge in [-0.25, -0.2) is 4.39 Å². The third-order valence-electron chi connectivity index (χ3n) is 4.82. The van der Waals surface area contributed by atoms with Gasteiger partial charge in [0.25, 0.3) is 5.91 Å². The average molecular weight is 444 g/mol. The Morgan fingerprint density at radius 3 is 2.25 bits per heavy atom. The van der Waals surface area contributed by atoms with Crippen LogP contribution in [-0.2, 0) is 14.3 Å². The minimum absolute atomic E-state index is 0.102. The van der Waals surface area contributed by atoms with E-state index < -0.39 is 41.9 Å². The summed E-state index contributed by atoms with van der Waals surface area (Å²) in [5.74, 6) is -2.84. The smallest absolute Gasteiger partial charge is 0.311 e. The molecule has 1 heterocycles. The Bertz CT molecular complexity index is 1020. The molecule has 0 bridgehead atoms. The van der Waals surface area contributed by atoms with E-state index in [4.69, 9.17) is 14.2 Å². The van der Waals surface area contributed by atoms with Gasteiger partial charge in [-0.05, 0) is 36.4 Å². The van der Waals surface area contributed by atoms with Gasteiger partial charge in [-0.1, -0.05) is 0 Å². The molecular weight excluding hydrogens is 423 g/mol. The summed E-state index contributed by atoms with van der Waals surface area (Å²) in [6.45, 7) is -0.639. The van der Waals surface area contributed by atoms with Crippen LogP contribution in [0.4, 0.5) is 4.39 Å². The van der Waals surface area contributed by atoms with Crippen LogP contribution in [0.2, 0.25) is 0 Å². The number of ether oxygens (including phenoxy) is 3. The number of amides is 2. The first-order valence-corrected chi connectivity index (χ1v) is 9.60. The molecule has 0 aromatic heterocycles. The van der Waals surface area contributed by atoms with Crippen LogP contribution in [-0.4, -0.2) is 55.9 Å². The third kappa shape index (κ3) is 5.39. The number of methoxy groups -OCH3 is 2. The molecule has 0 saturated carbocycles. The predicted octanol–water partition coefficient (Wildman–Crippen LogP) is 1.76. The van der Waals surface area contributed by atoms with Crippen molar-refractivity contribution in [3.05, 3.63) is 59.4 Å². The number of hydrogen-bond acceptors (Lipinski definition) is 7. The summed E-state index contributed by atoms with van der Waals surface area (Å²) in [6, 6.07) is 9.38. The molecule has 2 amide bonds. The van der Waals surface area contributed by atoms with Gasteiger partial charge in [0.15, 0.2) is 12.4 Å². The van der Waals surface area contributed by atoms with E-state index in [0.29, 0.717) is 11.5 Å². The van der Waals surface area contributed by atoms with Gasteiger partial charge in [-0.15, -0.1) is 0 Å². The molecule has 0 spiro atoms. The number of esters is 1. The SMILES string of the molecule is COc1cc(OC)cc(C(=O)NN2C[C@@H](C(=O)OCC(=O)c3ccc(F)cc3)CC2=O)c1. The molecule has 2 aromatic carbocycles. The Hall–Kier alpha value is -3.95. The van der Waals surface area contributed by atoms with Crippen LogP contribution in [0.5, 0.6) is 11.5 Å². The van der Waals surface area contributed by atoms with Gasteiger partial charge < -0.3 is 14.2 Å². The van der Waals surface area contributed by atoms with Crippen LogP contribution < -0.4 is 14.9 Å². The summed E-state index contributed by atoms with van der Waals surface area (Å²) in [5, 5.41) is 1.03. The van der Waals surface area contributed by atoms with Crippen molar-refractivity contribution in [3.63, 3.8) is 0 Å². The monoisotopic (exact) mass is 444 g/mol. The van der Waals surface area contributed by atoms with Gasteiger partial charge in [0, 0.05) is 23.6 Å². The van der Waals surface area contributed by atoms with Gasteiger partial charge in [0.1, 0.15) is 17.3 Å². The molecule has 3 rings (SSSR count). The number of carbonyl (C=O) groups is 4. The lowest BCUT2D eigenvalue weighted by Crippen LogP contribution is -2.43. The van der Waals surface area contributed by atoms with Crippen molar-refractivity contribution in [2.45, 2.75) is 6.42 Å². The van der Waals surface area contributed by atoms with E-state index in [9.17, 15) is 23.6 Å². The van der Waals surface area contributed by atoms with Crippen LogP contribution in [0.3, 0.4) is 0 Å². The van der Waals surface area contributed by atoms with Crippen molar-refractivity contribution < 1.29 is 37.8 Å². The number of halogens is 1. The fourth-order valence-electron chi connectivity index (χ4n) is 3.07. The molecular formula is C22H21FN2O7. The number of nitrogens with zero attached hydrogens (tertiary/aromatic N) is 1. The topological polar surface area (TPSA) is 111 Å². The van der Waals surface area contributed by atoms with E-state index in [-0.39, 0.29) is 24.1 Å². The quantitative estimate of drug-likeness (QED) is 0.488. The van der Waals surface area contributed by atoms with Crippen LogP contribution in [0, 0.1) is 11.7 Å². The Morgan fingerprint density at radius 1 is 1.03 bits per heavy atom. The number of carbonyl (C=O) groups excluding carboxylic acids is 4. The number of nitrogens with one attached hydrogen (secondary N) is 1. The molecule has 1 aliphatic heterocycles. The first kappa shape index (κ1) is 22.7. The van der Waals surface area contributed by atoms with Gasteiger partial charge in [-0.3, -0.25) is 29.6 Å². The fraction of sp³-hybridized carbons (Fsp3) is 0.273. The minimum Gasteiger partial charge on any atom is -0.497 e. The molecule has 2 aromatic rings. The Morgan fingerprint density at radius 2 is 1.66 bits per heavy atom. The van der Waals surface area contributed by atoms with E-state index in [1.807, 2.05) is 0 Å². The first-order valence-electron chi connectivity index (χ1n) is 9.60. The van der Waals surface area contributed by atoms with Crippen molar-refractivity contribution in [2.75, 3.05) is 27.4 Å². The summed E-state index contributed by atoms with van der Waals surface area (Å²) >= 11 is 0. The molecule has 1 saturated heterocycles. The van der Waals surface area contributed by atoms with Crippen LogP contribution >= 0.6 is 0 Å². The zero-order valence-electron chi connectivity index (χ0n) is 17.4. The molecule has 0 aliphatic carbocycles. The fourth-order valence-corrected chi connectivity index (χ4v) is 3.07. The minimum atomic E-state index is -0.844. The zero-order chi connectivity index (χ0) is 23.3. The number of benzene rings is 2. The number of rotatable bonds is 8. The number of Topliss-reactive ketones (excluding diaryl/α,β-unsaturated/α-hetero) is 1. The van der Waals surface area contributed by atoms with Gasteiger partial charge in [0.05, 0.1) is 26.7 Å². The van der Waals surface area contributed by atoms with Crippen molar-refractivity contribution in [1.82, 2.24) is 10.4 Å². The molecule has 1 atom stereocenters. The Kier molecular flexibility index (Phi) is 7.04. The average Bonchev–Trinajstić information content (AvgIpc) is 3.17. The van der Waals surface area contributed by atoms with E-state index in [1.165, 1.54) is 38.5 Å². The third-order valence-corrected chi connectivity index (χ3v) is 4.82. The van der Waals surface area contributed by atoms with E-state index in [2.05, 4.69) is 5.43 Å².